The maximum Gasteiger partial charge on any atom is 0.274 e. The van der Waals surface area contributed by atoms with Crippen LogP contribution in [0.15, 0.2) is 24.3 Å². The molecule has 2 aliphatic carbocycles. The van der Waals surface area contributed by atoms with Gasteiger partial charge in [0.25, 0.3) is 5.91 Å². The molecule has 1 saturated carbocycles. The van der Waals surface area contributed by atoms with Crippen LogP contribution in [0, 0.1) is 5.82 Å². The Morgan fingerprint density at radius 2 is 1.77 bits per heavy atom. The predicted octanol–water partition coefficient (Wildman–Crippen LogP) is 4.29. The number of hydrogen-bond donors (Lipinski definition) is 0. The van der Waals surface area contributed by atoms with E-state index in [0.717, 1.165) is 49.0 Å². The van der Waals surface area contributed by atoms with Crippen molar-refractivity contribution in [2.24, 2.45) is 0 Å². The van der Waals surface area contributed by atoms with Crippen molar-refractivity contribution in [3.05, 3.63) is 47.0 Å². The number of nitrogens with zero attached hydrogens (tertiary/aromatic N) is 3. The minimum absolute atomic E-state index is 0.0379. The fourth-order valence-corrected chi connectivity index (χ4v) is 4.38. The zero-order chi connectivity index (χ0) is 18.1. The zero-order valence-corrected chi connectivity index (χ0v) is 15.4. The van der Waals surface area contributed by atoms with Gasteiger partial charge < -0.3 is 4.90 Å². The van der Waals surface area contributed by atoms with E-state index in [1.807, 2.05) is 16.6 Å². The highest BCUT2D eigenvalue weighted by atomic mass is 19.1. The Morgan fingerprint density at radius 3 is 2.46 bits per heavy atom. The van der Waals surface area contributed by atoms with Crippen molar-refractivity contribution in [1.82, 2.24) is 14.7 Å². The molecular formula is C21H26FN3O. The van der Waals surface area contributed by atoms with E-state index in [4.69, 9.17) is 0 Å². The third kappa shape index (κ3) is 3.15. The van der Waals surface area contributed by atoms with Crippen molar-refractivity contribution >= 4 is 5.91 Å². The standard InChI is InChI=1S/C21H26FN3O/c1-24(16-7-4-2-3-5-8-16)21(26)20-18-9-6-10-19(18)25(23-20)17-13-11-15(22)12-14-17/h11-14,16H,2-10H2,1H3. The molecule has 0 spiro atoms. The molecule has 138 valence electrons. The van der Waals surface area contributed by atoms with Gasteiger partial charge in [0.05, 0.1) is 5.69 Å². The number of fused-ring (bicyclic) bond motifs is 1. The fourth-order valence-electron chi connectivity index (χ4n) is 4.38. The number of halogens is 1. The average Bonchev–Trinajstić information content (AvgIpc) is 3.15. The Balaban J connectivity index is 1.65. The molecule has 1 heterocycles. The molecule has 0 radical (unpaired) electrons. The van der Waals surface area contributed by atoms with E-state index in [9.17, 15) is 9.18 Å². The van der Waals surface area contributed by atoms with Crippen LogP contribution in [-0.4, -0.2) is 33.7 Å². The van der Waals surface area contributed by atoms with Crippen molar-refractivity contribution in [2.75, 3.05) is 7.05 Å². The molecule has 1 fully saturated rings. The number of benzene rings is 1. The molecule has 26 heavy (non-hydrogen) atoms. The number of carbonyl (C=O) groups excluding carboxylic acids is 1. The Bertz CT molecular complexity index is 788. The molecule has 1 aromatic carbocycles. The van der Waals surface area contributed by atoms with Crippen LogP contribution in [-0.2, 0) is 12.8 Å². The van der Waals surface area contributed by atoms with Gasteiger partial charge in [-0.15, -0.1) is 0 Å². The first-order chi connectivity index (χ1) is 12.6. The van der Waals surface area contributed by atoms with Gasteiger partial charge in [-0.25, -0.2) is 9.07 Å². The van der Waals surface area contributed by atoms with Crippen LogP contribution in [0.2, 0.25) is 0 Å². The van der Waals surface area contributed by atoms with E-state index < -0.39 is 0 Å². The maximum atomic E-state index is 13.3. The lowest BCUT2D eigenvalue weighted by Gasteiger charge is -2.26. The molecule has 2 aliphatic rings. The van der Waals surface area contributed by atoms with Crippen molar-refractivity contribution < 1.29 is 9.18 Å². The molecule has 5 heteroatoms. The van der Waals surface area contributed by atoms with Crippen LogP contribution in [0.4, 0.5) is 4.39 Å². The molecule has 0 atom stereocenters. The summed E-state index contributed by atoms with van der Waals surface area (Å²) in [6, 6.07) is 6.65. The molecule has 1 amide bonds. The van der Waals surface area contributed by atoms with Crippen LogP contribution < -0.4 is 0 Å². The molecule has 0 saturated heterocycles. The first kappa shape index (κ1) is 17.3. The summed E-state index contributed by atoms with van der Waals surface area (Å²) in [5, 5.41) is 4.67. The van der Waals surface area contributed by atoms with Crippen LogP contribution in [0.25, 0.3) is 5.69 Å². The molecule has 2 aromatic rings. The molecule has 0 unspecified atom stereocenters. The van der Waals surface area contributed by atoms with Crippen molar-refractivity contribution in [3.63, 3.8) is 0 Å². The highest BCUT2D eigenvalue weighted by Gasteiger charge is 2.31. The monoisotopic (exact) mass is 355 g/mol. The summed E-state index contributed by atoms with van der Waals surface area (Å²) in [6.07, 6.45) is 9.97. The van der Waals surface area contributed by atoms with Gasteiger partial charge in [0.15, 0.2) is 5.69 Å². The molecule has 0 N–H and O–H groups in total. The second kappa shape index (κ2) is 7.22. The lowest BCUT2D eigenvalue weighted by atomic mass is 10.1. The minimum atomic E-state index is -0.262. The van der Waals surface area contributed by atoms with Crippen LogP contribution in [0.5, 0.6) is 0 Å². The summed E-state index contributed by atoms with van der Waals surface area (Å²) < 4.78 is 15.1. The Kier molecular flexibility index (Phi) is 4.79. The number of rotatable bonds is 3. The smallest absolute Gasteiger partial charge is 0.274 e. The lowest BCUT2D eigenvalue weighted by molar-refractivity contribution is 0.0710. The lowest BCUT2D eigenvalue weighted by Crippen LogP contribution is -2.37. The first-order valence-corrected chi connectivity index (χ1v) is 9.79. The SMILES string of the molecule is CN(C(=O)c1nn(-c2ccc(F)cc2)c2c1CCC2)C1CCCCCC1. The second-order valence-electron chi connectivity index (χ2n) is 7.58. The van der Waals surface area contributed by atoms with E-state index in [1.54, 1.807) is 12.1 Å². The molecule has 4 nitrogen and oxygen atoms in total. The quantitative estimate of drug-likeness (QED) is 0.770. The number of aromatic nitrogens is 2. The summed E-state index contributed by atoms with van der Waals surface area (Å²) in [4.78, 5) is 15.1. The Morgan fingerprint density at radius 1 is 1.08 bits per heavy atom. The predicted molar refractivity (Wildman–Crippen MR) is 99.1 cm³/mol. The van der Waals surface area contributed by atoms with E-state index in [0.29, 0.717) is 11.7 Å². The molecule has 0 aliphatic heterocycles. The van der Waals surface area contributed by atoms with Gasteiger partial charge in [-0.05, 0) is 56.4 Å². The van der Waals surface area contributed by atoms with Crippen LogP contribution in [0.1, 0.15) is 66.7 Å². The summed E-state index contributed by atoms with van der Waals surface area (Å²) in [6.45, 7) is 0. The first-order valence-electron chi connectivity index (χ1n) is 9.79. The summed E-state index contributed by atoms with van der Waals surface area (Å²) in [7, 11) is 1.93. The van der Waals surface area contributed by atoms with Gasteiger partial charge in [0.2, 0.25) is 0 Å². The fraction of sp³-hybridized carbons (Fsp3) is 0.524. The molecule has 1 aromatic heterocycles. The average molecular weight is 355 g/mol. The number of carbonyl (C=O) groups is 1. The van der Waals surface area contributed by atoms with E-state index in [1.165, 1.54) is 37.8 Å². The normalized spacial score (nSPS) is 17.8. The Labute approximate surface area is 154 Å². The highest BCUT2D eigenvalue weighted by Crippen LogP contribution is 2.30. The molecule has 4 rings (SSSR count). The highest BCUT2D eigenvalue weighted by molar-refractivity contribution is 5.94. The van der Waals surface area contributed by atoms with E-state index in [-0.39, 0.29) is 11.7 Å². The Hall–Kier alpha value is -2.17. The largest absolute Gasteiger partial charge is 0.337 e. The number of hydrogen-bond acceptors (Lipinski definition) is 2. The third-order valence-corrected chi connectivity index (χ3v) is 5.90. The molecule has 0 bridgehead atoms. The summed E-state index contributed by atoms with van der Waals surface area (Å²) in [5.41, 5.74) is 3.60. The van der Waals surface area contributed by atoms with Crippen LogP contribution >= 0.6 is 0 Å². The van der Waals surface area contributed by atoms with Gasteiger partial charge in [0.1, 0.15) is 5.82 Å². The van der Waals surface area contributed by atoms with Crippen molar-refractivity contribution in [2.45, 2.75) is 63.8 Å². The maximum absolute atomic E-state index is 13.3. The van der Waals surface area contributed by atoms with Crippen molar-refractivity contribution in [1.29, 1.82) is 0 Å². The van der Waals surface area contributed by atoms with E-state index >= 15 is 0 Å². The minimum Gasteiger partial charge on any atom is -0.337 e. The van der Waals surface area contributed by atoms with Gasteiger partial charge in [-0.1, -0.05) is 25.7 Å². The van der Waals surface area contributed by atoms with Gasteiger partial charge >= 0.3 is 0 Å². The summed E-state index contributed by atoms with van der Waals surface area (Å²) >= 11 is 0. The number of amides is 1. The zero-order valence-electron chi connectivity index (χ0n) is 15.4. The van der Waals surface area contributed by atoms with Crippen LogP contribution in [0.3, 0.4) is 0 Å². The van der Waals surface area contributed by atoms with Gasteiger partial charge in [-0.3, -0.25) is 4.79 Å². The third-order valence-electron chi connectivity index (χ3n) is 5.90. The topological polar surface area (TPSA) is 38.1 Å². The van der Waals surface area contributed by atoms with E-state index in [2.05, 4.69) is 5.10 Å². The van der Waals surface area contributed by atoms with Gasteiger partial charge in [-0.2, -0.15) is 5.10 Å². The second-order valence-corrected chi connectivity index (χ2v) is 7.58. The molecular weight excluding hydrogens is 329 g/mol. The van der Waals surface area contributed by atoms with Gasteiger partial charge in [0, 0.05) is 24.3 Å². The van der Waals surface area contributed by atoms with Crippen molar-refractivity contribution in [3.8, 4) is 5.69 Å². The summed E-state index contributed by atoms with van der Waals surface area (Å²) in [5.74, 6) is -0.224.